The van der Waals surface area contributed by atoms with Crippen molar-refractivity contribution < 1.29 is 13.9 Å². The van der Waals surface area contributed by atoms with Gasteiger partial charge in [-0.3, -0.25) is 4.90 Å². The monoisotopic (exact) mass is 316 g/mol. The molecule has 0 aliphatic rings. The van der Waals surface area contributed by atoms with Crippen molar-refractivity contribution >= 4 is 17.5 Å². The summed E-state index contributed by atoms with van der Waals surface area (Å²) in [6.07, 6.45) is 0.524. The maximum Gasteiger partial charge on any atom is 0.414 e. The fraction of sp³-hybridized carbons (Fsp3) is 0.312. The molecule has 0 aliphatic heterocycles. The van der Waals surface area contributed by atoms with Crippen molar-refractivity contribution in [1.82, 2.24) is 0 Å². The van der Waals surface area contributed by atoms with Crippen molar-refractivity contribution in [2.24, 2.45) is 0 Å². The summed E-state index contributed by atoms with van der Waals surface area (Å²) in [5.74, 6) is -0.536. The summed E-state index contributed by atoms with van der Waals surface area (Å²) in [7, 11) is 1.44. The van der Waals surface area contributed by atoms with Crippen molar-refractivity contribution in [3.63, 3.8) is 0 Å². The van der Waals surface area contributed by atoms with E-state index in [1.807, 2.05) is 0 Å². The van der Waals surface area contributed by atoms with E-state index in [4.69, 9.17) is 15.3 Å². The van der Waals surface area contributed by atoms with Crippen LogP contribution in [-0.4, -0.2) is 18.7 Å². The number of halogens is 1. The van der Waals surface area contributed by atoms with Gasteiger partial charge in [0.2, 0.25) is 0 Å². The van der Waals surface area contributed by atoms with E-state index < -0.39 is 17.5 Å². The van der Waals surface area contributed by atoms with Crippen LogP contribution in [0.5, 0.6) is 0 Å². The molecule has 0 bridgehead atoms. The van der Waals surface area contributed by atoms with Gasteiger partial charge in [0.05, 0.1) is 11.4 Å². The molecule has 0 aromatic heterocycles. The van der Waals surface area contributed by atoms with Gasteiger partial charge in [0.15, 0.2) is 0 Å². The highest BCUT2D eigenvalue weighted by molar-refractivity contribution is 5.92. The number of nitrogens with one attached hydrogen (secondary N) is 1. The molecular weight excluding hydrogens is 299 g/mol. The number of ether oxygens (including phenoxy) is 1. The fourth-order valence-electron chi connectivity index (χ4n) is 1.57. The van der Waals surface area contributed by atoms with Gasteiger partial charge in [-0.15, -0.1) is 0 Å². The Balaban J connectivity index is 3.13. The molecule has 120 valence electrons. The fourth-order valence-corrected chi connectivity index (χ4v) is 1.57. The zero-order chi connectivity index (χ0) is 17.6. The van der Waals surface area contributed by atoms with Crippen LogP contribution in [0.15, 0.2) is 30.0 Å². The highest BCUT2D eigenvalue weighted by Gasteiger charge is 2.22. The van der Waals surface area contributed by atoms with Crippen LogP contribution < -0.4 is 10.2 Å². The third-order valence-corrected chi connectivity index (χ3v) is 2.60. The molecule has 0 aliphatic carbocycles. The number of rotatable bonds is 3. The van der Waals surface area contributed by atoms with Crippen LogP contribution in [0.4, 0.5) is 20.6 Å². The minimum atomic E-state index is -0.694. The lowest BCUT2D eigenvalue weighted by Crippen LogP contribution is -2.34. The number of carbonyl (C=O) groups excluding carboxylic acids is 1. The average Bonchev–Trinajstić information content (AvgIpc) is 2.47. The Morgan fingerprint density at radius 3 is 2.48 bits per heavy atom. The van der Waals surface area contributed by atoms with Crippen molar-refractivity contribution in [1.29, 1.82) is 10.5 Å². The molecule has 23 heavy (non-hydrogen) atoms. The van der Waals surface area contributed by atoms with E-state index in [9.17, 15) is 9.18 Å². The lowest BCUT2D eigenvalue weighted by Gasteiger charge is -2.26. The highest BCUT2D eigenvalue weighted by atomic mass is 19.1. The standard InChI is InChI=1S/C16H17FN4O2/c1-16(2,3)23-15(22)21(4)14-7-12(17)5-6-13(14)20-10-11(8-18)9-19/h5-7,10,20H,1-4H3. The van der Waals surface area contributed by atoms with Gasteiger partial charge in [0.25, 0.3) is 0 Å². The molecule has 7 heteroatoms. The molecule has 1 amide bonds. The summed E-state index contributed by atoms with van der Waals surface area (Å²) < 4.78 is 18.7. The van der Waals surface area contributed by atoms with Crippen molar-refractivity contribution in [3.8, 4) is 12.1 Å². The number of nitriles is 2. The molecule has 0 heterocycles. The molecule has 1 rings (SSSR count). The van der Waals surface area contributed by atoms with E-state index in [2.05, 4.69) is 5.32 Å². The first-order valence-corrected chi connectivity index (χ1v) is 6.71. The van der Waals surface area contributed by atoms with Crippen molar-refractivity contribution in [2.45, 2.75) is 26.4 Å². The average molecular weight is 316 g/mol. The number of anilines is 2. The van der Waals surface area contributed by atoms with Crippen LogP contribution in [0, 0.1) is 28.5 Å². The summed E-state index contributed by atoms with van der Waals surface area (Å²) in [6, 6.07) is 7.13. The van der Waals surface area contributed by atoms with Crippen LogP contribution in [0.1, 0.15) is 20.8 Å². The number of amides is 1. The van der Waals surface area contributed by atoms with Gasteiger partial charge in [-0.05, 0) is 39.0 Å². The van der Waals surface area contributed by atoms with Crippen LogP contribution in [0.25, 0.3) is 0 Å². The molecule has 0 spiro atoms. The zero-order valence-corrected chi connectivity index (χ0v) is 13.3. The van der Waals surface area contributed by atoms with Gasteiger partial charge in [-0.2, -0.15) is 10.5 Å². The molecule has 1 aromatic rings. The minimum absolute atomic E-state index is 0.153. The van der Waals surface area contributed by atoms with Crippen LogP contribution in [0.3, 0.4) is 0 Å². The zero-order valence-electron chi connectivity index (χ0n) is 13.3. The third-order valence-electron chi connectivity index (χ3n) is 2.60. The lowest BCUT2D eigenvalue weighted by molar-refractivity contribution is 0.0589. The van der Waals surface area contributed by atoms with Gasteiger partial charge in [0, 0.05) is 13.2 Å². The third kappa shape index (κ3) is 5.33. The summed E-state index contributed by atoms with van der Waals surface area (Å²) in [6.45, 7) is 5.16. The summed E-state index contributed by atoms with van der Waals surface area (Å²) >= 11 is 0. The largest absolute Gasteiger partial charge is 0.443 e. The molecule has 1 aromatic carbocycles. The van der Waals surface area contributed by atoms with E-state index in [0.717, 1.165) is 11.0 Å². The maximum absolute atomic E-state index is 13.5. The second-order valence-electron chi connectivity index (χ2n) is 5.63. The summed E-state index contributed by atoms with van der Waals surface area (Å²) in [5, 5.41) is 20.2. The maximum atomic E-state index is 13.5. The first-order valence-electron chi connectivity index (χ1n) is 6.71. The van der Waals surface area contributed by atoms with Crippen LogP contribution in [-0.2, 0) is 4.74 Å². The van der Waals surface area contributed by atoms with E-state index in [-0.39, 0.29) is 11.3 Å². The molecule has 0 saturated heterocycles. The first kappa shape index (κ1) is 18.0. The quantitative estimate of drug-likeness (QED) is 0.861. The topological polar surface area (TPSA) is 89.2 Å². The Morgan fingerprint density at radius 1 is 1.35 bits per heavy atom. The van der Waals surface area contributed by atoms with E-state index >= 15 is 0 Å². The predicted molar refractivity (Wildman–Crippen MR) is 84.0 cm³/mol. The molecule has 0 unspecified atom stereocenters. The van der Waals surface area contributed by atoms with Gasteiger partial charge < -0.3 is 10.1 Å². The van der Waals surface area contributed by atoms with Gasteiger partial charge >= 0.3 is 6.09 Å². The molecule has 0 fully saturated rings. The smallest absolute Gasteiger partial charge is 0.414 e. The van der Waals surface area contributed by atoms with E-state index in [1.165, 1.54) is 25.4 Å². The normalized spacial score (nSPS) is 10.0. The second kappa shape index (κ2) is 7.28. The van der Waals surface area contributed by atoms with Gasteiger partial charge in [0.1, 0.15) is 29.1 Å². The molecule has 0 atom stereocenters. The van der Waals surface area contributed by atoms with Crippen molar-refractivity contribution in [3.05, 3.63) is 35.8 Å². The number of allylic oxidation sites excluding steroid dienone is 1. The number of nitrogens with zero attached hydrogens (tertiary/aromatic N) is 3. The molecule has 1 N–H and O–H groups in total. The predicted octanol–water partition coefficient (Wildman–Crippen LogP) is 3.54. The molecule has 0 radical (unpaired) electrons. The van der Waals surface area contributed by atoms with E-state index in [0.29, 0.717) is 5.69 Å². The summed E-state index contributed by atoms with van der Waals surface area (Å²) in [4.78, 5) is 13.2. The molecule has 0 saturated carbocycles. The highest BCUT2D eigenvalue weighted by Crippen LogP contribution is 2.27. The SMILES string of the molecule is CN(C(=O)OC(C)(C)C)c1cc(F)ccc1NC=C(C#N)C#N. The molecular formula is C16H17FN4O2. The Kier molecular flexibility index (Phi) is 5.69. The number of carbonyl (C=O) groups is 1. The van der Waals surface area contributed by atoms with Gasteiger partial charge in [-0.25, -0.2) is 9.18 Å². The first-order chi connectivity index (χ1) is 10.7. The Hall–Kier alpha value is -3.06. The lowest BCUT2D eigenvalue weighted by atomic mass is 10.2. The molecule has 6 nitrogen and oxygen atoms in total. The number of hydrogen-bond acceptors (Lipinski definition) is 5. The Morgan fingerprint density at radius 2 is 1.96 bits per heavy atom. The minimum Gasteiger partial charge on any atom is -0.443 e. The second-order valence-corrected chi connectivity index (χ2v) is 5.63. The summed E-state index contributed by atoms with van der Waals surface area (Å²) in [5.41, 5.74) is -0.283. The van der Waals surface area contributed by atoms with E-state index in [1.54, 1.807) is 32.9 Å². The Labute approximate surface area is 134 Å². The van der Waals surface area contributed by atoms with Crippen LogP contribution >= 0.6 is 0 Å². The number of hydrogen-bond donors (Lipinski definition) is 1. The number of benzene rings is 1. The Bertz CT molecular complexity index is 692. The van der Waals surface area contributed by atoms with Gasteiger partial charge in [-0.1, -0.05) is 0 Å². The van der Waals surface area contributed by atoms with Crippen molar-refractivity contribution in [2.75, 3.05) is 17.3 Å². The van der Waals surface area contributed by atoms with Crippen LogP contribution in [0.2, 0.25) is 0 Å².